The molecule has 1 N–H and O–H groups in total. The maximum Gasteiger partial charge on any atom is 0.274 e. The Morgan fingerprint density at radius 3 is 2.61 bits per heavy atom. The predicted molar refractivity (Wildman–Crippen MR) is 81.1 cm³/mol. The van der Waals surface area contributed by atoms with Crippen LogP contribution in [-0.2, 0) is 11.2 Å². The van der Waals surface area contributed by atoms with E-state index >= 15 is 0 Å². The zero-order valence-corrected chi connectivity index (χ0v) is 12.3. The van der Waals surface area contributed by atoms with Crippen LogP contribution in [0.15, 0.2) is 36.4 Å². The van der Waals surface area contributed by atoms with E-state index in [0.717, 1.165) is 12.1 Å². The molecule has 5 nitrogen and oxygen atoms in total. The number of amides is 1. The van der Waals surface area contributed by atoms with Crippen molar-refractivity contribution in [3.8, 4) is 0 Å². The summed E-state index contributed by atoms with van der Waals surface area (Å²) >= 11 is 0. The fourth-order valence-corrected chi connectivity index (χ4v) is 2.12. The lowest BCUT2D eigenvalue weighted by Gasteiger charge is -2.08. The molecule has 1 amide bonds. The first-order valence-electron chi connectivity index (χ1n) is 6.86. The largest absolute Gasteiger partial charge is 0.326 e. The van der Waals surface area contributed by atoms with Crippen LogP contribution in [-0.4, -0.2) is 10.8 Å². The minimum absolute atomic E-state index is 0.0488. The highest BCUT2D eigenvalue weighted by molar-refractivity contribution is 5.92. The molecule has 0 radical (unpaired) electrons. The van der Waals surface area contributed by atoms with Gasteiger partial charge in [-0.05, 0) is 37.1 Å². The van der Waals surface area contributed by atoms with Gasteiger partial charge in [-0.3, -0.25) is 14.9 Å². The van der Waals surface area contributed by atoms with Crippen LogP contribution in [0.5, 0.6) is 0 Å². The molecule has 0 bridgehead atoms. The Balaban J connectivity index is 2.01. The van der Waals surface area contributed by atoms with Gasteiger partial charge in [0.1, 0.15) is 0 Å². The summed E-state index contributed by atoms with van der Waals surface area (Å²) in [7, 11) is 0. The maximum absolute atomic E-state index is 13.1. The summed E-state index contributed by atoms with van der Waals surface area (Å²) in [5.41, 5.74) is 1.13. The minimum atomic E-state index is -0.961. The van der Waals surface area contributed by atoms with Crippen molar-refractivity contribution >= 4 is 17.3 Å². The second-order valence-corrected chi connectivity index (χ2v) is 5.00. The number of carbonyl (C=O) groups is 1. The molecule has 7 heteroatoms. The highest BCUT2D eigenvalue weighted by Gasteiger charge is 2.14. The Labute approximate surface area is 131 Å². The third-order valence-electron chi connectivity index (χ3n) is 3.40. The van der Waals surface area contributed by atoms with Gasteiger partial charge in [-0.1, -0.05) is 12.1 Å². The molecule has 0 aliphatic carbocycles. The van der Waals surface area contributed by atoms with Crippen molar-refractivity contribution in [2.75, 3.05) is 5.32 Å². The number of nitrogens with one attached hydrogen (secondary N) is 1. The Morgan fingerprint density at radius 1 is 1.22 bits per heavy atom. The molecule has 0 atom stereocenters. The minimum Gasteiger partial charge on any atom is -0.326 e. The van der Waals surface area contributed by atoms with Gasteiger partial charge in [0.25, 0.3) is 5.69 Å². The molecule has 0 heterocycles. The van der Waals surface area contributed by atoms with E-state index < -0.39 is 16.6 Å². The molecule has 23 heavy (non-hydrogen) atoms. The number of rotatable bonds is 5. The Kier molecular flexibility index (Phi) is 5.00. The number of aryl methyl sites for hydroxylation is 1. The molecular weight excluding hydrogens is 306 g/mol. The molecule has 0 saturated carbocycles. The molecule has 0 fully saturated rings. The van der Waals surface area contributed by atoms with E-state index in [1.54, 1.807) is 13.0 Å². The second kappa shape index (κ2) is 6.95. The molecule has 0 aliphatic rings. The SMILES string of the molecule is Cc1c(NC(=O)CCc2ccc(F)c(F)c2)cccc1[N+](=O)[O-]. The number of nitrogens with zero attached hydrogens (tertiary/aromatic N) is 1. The normalized spacial score (nSPS) is 10.4. The summed E-state index contributed by atoms with van der Waals surface area (Å²) in [4.78, 5) is 22.3. The standard InChI is InChI=1S/C16H14F2N2O3/c1-10-14(3-2-4-15(10)20(22)23)19-16(21)8-6-11-5-7-12(17)13(18)9-11/h2-5,7,9H,6,8H2,1H3,(H,19,21). The summed E-state index contributed by atoms with van der Waals surface area (Å²) in [5, 5.41) is 13.4. The van der Waals surface area contributed by atoms with Crippen LogP contribution < -0.4 is 5.32 Å². The summed E-state index contributed by atoms with van der Waals surface area (Å²) < 4.78 is 25.9. The molecule has 0 saturated heterocycles. The fraction of sp³-hybridized carbons (Fsp3) is 0.188. The van der Waals surface area contributed by atoms with Crippen molar-refractivity contribution in [1.82, 2.24) is 0 Å². The van der Waals surface area contributed by atoms with Crippen LogP contribution >= 0.6 is 0 Å². The summed E-state index contributed by atoms with van der Waals surface area (Å²) in [6.45, 7) is 1.54. The highest BCUT2D eigenvalue weighted by atomic mass is 19.2. The molecule has 2 rings (SSSR count). The van der Waals surface area contributed by atoms with Crippen molar-refractivity contribution < 1.29 is 18.5 Å². The van der Waals surface area contributed by atoms with Crippen LogP contribution in [0.3, 0.4) is 0 Å². The van der Waals surface area contributed by atoms with Gasteiger partial charge in [-0.25, -0.2) is 8.78 Å². The summed E-state index contributed by atoms with van der Waals surface area (Å²) in [5.74, 6) is -2.26. The number of nitro benzene ring substituents is 1. The van der Waals surface area contributed by atoms with E-state index in [-0.39, 0.29) is 24.4 Å². The Bertz CT molecular complexity index is 763. The smallest absolute Gasteiger partial charge is 0.274 e. The van der Waals surface area contributed by atoms with E-state index in [9.17, 15) is 23.7 Å². The molecule has 0 unspecified atom stereocenters. The van der Waals surface area contributed by atoms with E-state index in [2.05, 4.69) is 5.32 Å². The number of halogens is 2. The van der Waals surface area contributed by atoms with Crippen molar-refractivity contribution in [2.24, 2.45) is 0 Å². The van der Waals surface area contributed by atoms with Crippen LogP contribution in [0, 0.1) is 28.7 Å². The van der Waals surface area contributed by atoms with Crippen molar-refractivity contribution in [1.29, 1.82) is 0 Å². The summed E-state index contributed by atoms with van der Waals surface area (Å²) in [6.07, 6.45) is 0.282. The number of hydrogen-bond donors (Lipinski definition) is 1. The predicted octanol–water partition coefficient (Wildman–Crippen LogP) is 3.75. The van der Waals surface area contributed by atoms with Crippen LogP contribution in [0.25, 0.3) is 0 Å². The second-order valence-electron chi connectivity index (χ2n) is 5.00. The van der Waals surface area contributed by atoms with E-state index in [1.165, 1.54) is 18.2 Å². The lowest BCUT2D eigenvalue weighted by atomic mass is 10.1. The first-order chi connectivity index (χ1) is 10.9. The number of benzene rings is 2. The van der Waals surface area contributed by atoms with Crippen molar-refractivity contribution in [3.05, 3.63) is 69.3 Å². The van der Waals surface area contributed by atoms with Gasteiger partial charge in [0.05, 0.1) is 16.2 Å². The average molecular weight is 320 g/mol. The monoisotopic (exact) mass is 320 g/mol. The number of carbonyl (C=O) groups excluding carboxylic acids is 1. The molecule has 120 valence electrons. The van der Waals surface area contributed by atoms with Gasteiger partial charge in [-0.2, -0.15) is 0 Å². The molecule has 0 spiro atoms. The van der Waals surface area contributed by atoms with Gasteiger partial charge in [0.15, 0.2) is 11.6 Å². The van der Waals surface area contributed by atoms with E-state index in [1.807, 2.05) is 0 Å². The topological polar surface area (TPSA) is 72.2 Å². The third-order valence-corrected chi connectivity index (χ3v) is 3.40. The highest BCUT2D eigenvalue weighted by Crippen LogP contribution is 2.25. The van der Waals surface area contributed by atoms with Crippen molar-refractivity contribution in [2.45, 2.75) is 19.8 Å². The number of nitro groups is 1. The molecule has 2 aromatic rings. The van der Waals surface area contributed by atoms with Gasteiger partial charge in [-0.15, -0.1) is 0 Å². The van der Waals surface area contributed by atoms with Gasteiger partial charge in [0.2, 0.25) is 5.91 Å². The van der Waals surface area contributed by atoms with Crippen LogP contribution in [0.4, 0.5) is 20.2 Å². The van der Waals surface area contributed by atoms with Crippen molar-refractivity contribution in [3.63, 3.8) is 0 Å². The van der Waals surface area contributed by atoms with Gasteiger partial charge < -0.3 is 5.32 Å². The fourth-order valence-electron chi connectivity index (χ4n) is 2.12. The van der Waals surface area contributed by atoms with E-state index in [0.29, 0.717) is 16.8 Å². The maximum atomic E-state index is 13.1. The lowest BCUT2D eigenvalue weighted by molar-refractivity contribution is -0.385. The number of anilines is 1. The Morgan fingerprint density at radius 2 is 1.96 bits per heavy atom. The summed E-state index contributed by atoms with van der Waals surface area (Å²) in [6, 6.07) is 7.86. The van der Waals surface area contributed by atoms with E-state index in [4.69, 9.17) is 0 Å². The molecule has 0 aliphatic heterocycles. The first kappa shape index (κ1) is 16.5. The zero-order chi connectivity index (χ0) is 17.0. The quantitative estimate of drug-likeness (QED) is 0.673. The molecule has 0 aromatic heterocycles. The van der Waals surface area contributed by atoms with Crippen LogP contribution in [0.1, 0.15) is 17.5 Å². The Hall–Kier alpha value is -2.83. The van der Waals surface area contributed by atoms with Crippen LogP contribution in [0.2, 0.25) is 0 Å². The lowest BCUT2D eigenvalue weighted by Crippen LogP contribution is -2.13. The van der Waals surface area contributed by atoms with Gasteiger partial charge in [0, 0.05) is 12.5 Å². The van der Waals surface area contributed by atoms with Gasteiger partial charge >= 0.3 is 0 Å². The first-order valence-corrected chi connectivity index (χ1v) is 6.86. The molecule has 2 aromatic carbocycles. The average Bonchev–Trinajstić information content (AvgIpc) is 2.50. The molecular formula is C16H14F2N2O3. The third kappa shape index (κ3) is 4.09. The zero-order valence-electron chi connectivity index (χ0n) is 12.3. The number of hydrogen-bond acceptors (Lipinski definition) is 3.